The van der Waals surface area contributed by atoms with Crippen molar-refractivity contribution in [3.63, 3.8) is 0 Å². The van der Waals surface area contributed by atoms with Crippen LogP contribution in [0.25, 0.3) is 6.08 Å². The van der Waals surface area contributed by atoms with Gasteiger partial charge in [0, 0.05) is 20.3 Å². The van der Waals surface area contributed by atoms with Crippen molar-refractivity contribution in [3.05, 3.63) is 104 Å². The quantitative estimate of drug-likeness (QED) is 0.266. The minimum atomic E-state index is -0.465. The summed E-state index contributed by atoms with van der Waals surface area (Å²) in [5, 5.41) is 0. The van der Waals surface area contributed by atoms with E-state index in [0.29, 0.717) is 18.3 Å². The predicted molar refractivity (Wildman–Crippen MR) is 122 cm³/mol. The fourth-order valence-corrected chi connectivity index (χ4v) is 3.42. The highest BCUT2D eigenvalue weighted by Gasteiger charge is 2.24. The molecular formula is C24H18INO3. The number of ether oxygens (including phenoxy) is 2. The second kappa shape index (κ2) is 8.61. The molecule has 0 fully saturated rings. The number of esters is 1. The van der Waals surface area contributed by atoms with Gasteiger partial charge in [-0.2, -0.15) is 0 Å². The minimum absolute atomic E-state index is 0.255. The van der Waals surface area contributed by atoms with Crippen LogP contribution in [0.4, 0.5) is 0 Å². The van der Waals surface area contributed by atoms with E-state index >= 15 is 0 Å². The molecule has 0 aliphatic carbocycles. The van der Waals surface area contributed by atoms with Gasteiger partial charge in [-0.05, 0) is 59.9 Å². The van der Waals surface area contributed by atoms with Gasteiger partial charge in [-0.25, -0.2) is 9.79 Å². The van der Waals surface area contributed by atoms with E-state index < -0.39 is 5.97 Å². The molecule has 29 heavy (non-hydrogen) atoms. The van der Waals surface area contributed by atoms with Crippen LogP contribution in [0.1, 0.15) is 22.3 Å². The Morgan fingerprint density at radius 1 is 1.00 bits per heavy atom. The summed E-state index contributed by atoms with van der Waals surface area (Å²) in [6.07, 6.45) is 1.70. The zero-order chi connectivity index (χ0) is 20.2. The van der Waals surface area contributed by atoms with Crippen molar-refractivity contribution in [2.45, 2.75) is 13.5 Å². The largest absolute Gasteiger partial charge is 0.488 e. The first-order chi connectivity index (χ1) is 14.1. The number of carbonyl (C=O) groups is 1. The molecule has 0 bridgehead atoms. The first-order valence-corrected chi connectivity index (χ1v) is 10.2. The number of carbonyl (C=O) groups excluding carboxylic acids is 1. The third kappa shape index (κ3) is 4.56. The Morgan fingerprint density at radius 3 is 2.52 bits per heavy atom. The van der Waals surface area contributed by atoms with Gasteiger partial charge in [0.25, 0.3) is 0 Å². The maximum atomic E-state index is 12.3. The van der Waals surface area contributed by atoms with E-state index in [4.69, 9.17) is 9.47 Å². The van der Waals surface area contributed by atoms with Crippen molar-refractivity contribution in [3.8, 4) is 5.75 Å². The summed E-state index contributed by atoms with van der Waals surface area (Å²) in [4.78, 5) is 16.7. The lowest BCUT2D eigenvalue weighted by molar-refractivity contribution is -0.129. The molecule has 3 aromatic carbocycles. The number of aryl methyl sites for hydroxylation is 1. The summed E-state index contributed by atoms with van der Waals surface area (Å²) in [5.74, 6) is 0.540. The van der Waals surface area contributed by atoms with E-state index in [9.17, 15) is 4.79 Å². The van der Waals surface area contributed by atoms with E-state index in [1.54, 1.807) is 6.08 Å². The molecule has 3 aromatic rings. The molecule has 1 aliphatic rings. The highest BCUT2D eigenvalue weighted by molar-refractivity contribution is 14.1. The first-order valence-electron chi connectivity index (χ1n) is 9.15. The van der Waals surface area contributed by atoms with Crippen LogP contribution < -0.4 is 4.74 Å². The van der Waals surface area contributed by atoms with Gasteiger partial charge in [0.1, 0.15) is 12.4 Å². The summed E-state index contributed by atoms with van der Waals surface area (Å²) < 4.78 is 12.5. The molecule has 1 heterocycles. The number of nitrogens with zero attached hydrogens (tertiary/aromatic N) is 1. The van der Waals surface area contributed by atoms with Gasteiger partial charge >= 0.3 is 5.97 Å². The number of halogens is 1. The van der Waals surface area contributed by atoms with Crippen LogP contribution in [0.2, 0.25) is 0 Å². The smallest absolute Gasteiger partial charge is 0.363 e. The Labute approximate surface area is 183 Å². The molecular weight excluding hydrogens is 477 g/mol. The van der Waals surface area contributed by atoms with E-state index in [0.717, 1.165) is 25.8 Å². The van der Waals surface area contributed by atoms with E-state index in [1.807, 2.05) is 79.7 Å². The molecule has 0 aromatic heterocycles. The Kier molecular flexibility index (Phi) is 5.76. The fraction of sp³-hybridized carbons (Fsp3) is 0.0833. The lowest BCUT2D eigenvalue weighted by Crippen LogP contribution is -2.05. The summed E-state index contributed by atoms with van der Waals surface area (Å²) in [6.45, 7) is 2.45. The molecule has 5 heteroatoms. The highest BCUT2D eigenvalue weighted by atomic mass is 127. The van der Waals surface area contributed by atoms with Crippen LogP contribution in [0.5, 0.6) is 5.75 Å². The molecule has 0 radical (unpaired) electrons. The number of para-hydroxylation sites is 1. The summed E-state index contributed by atoms with van der Waals surface area (Å²) >= 11 is 2.29. The molecule has 0 unspecified atom stereocenters. The highest BCUT2D eigenvalue weighted by Crippen LogP contribution is 2.26. The average Bonchev–Trinajstić information content (AvgIpc) is 3.09. The second-order valence-corrected chi connectivity index (χ2v) is 7.78. The zero-order valence-electron chi connectivity index (χ0n) is 15.8. The molecule has 4 rings (SSSR count). The van der Waals surface area contributed by atoms with Crippen molar-refractivity contribution in [2.24, 2.45) is 4.99 Å². The number of cyclic esters (lactones) is 1. The molecule has 0 atom stereocenters. The molecule has 0 N–H and O–H groups in total. The van der Waals surface area contributed by atoms with Crippen molar-refractivity contribution >= 4 is 40.5 Å². The monoisotopic (exact) mass is 495 g/mol. The molecule has 144 valence electrons. The molecule has 0 amide bonds. The van der Waals surface area contributed by atoms with Gasteiger partial charge in [0.15, 0.2) is 5.70 Å². The average molecular weight is 495 g/mol. The standard InChI is InChI=1S/C24H18INO3/c1-16-10-12-17(13-11-16)23-26-21(24(27)29-23)14-18-6-3-5-9-22(18)28-15-19-7-2-4-8-20(19)25/h2-14H,15H2,1H3/b21-14-. The normalized spacial score (nSPS) is 14.6. The van der Waals surface area contributed by atoms with Gasteiger partial charge in [-0.15, -0.1) is 0 Å². The van der Waals surface area contributed by atoms with Gasteiger partial charge in [-0.1, -0.05) is 54.1 Å². The molecule has 1 aliphatic heterocycles. The number of aliphatic imine (C=N–C) groups is 1. The van der Waals surface area contributed by atoms with Crippen molar-refractivity contribution in [1.29, 1.82) is 0 Å². The van der Waals surface area contributed by atoms with Crippen molar-refractivity contribution in [2.75, 3.05) is 0 Å². The van der Waals surface area contributed by atoms with Crippen molar-refractivity contribution < 1.29 is 14.3 Å². The molecule has 0 saturated carbocycles. The Bertz CT molecular complexity index is 1120. The fourth-order valence-electron chi connectivity index (χ4n) is 2.88. The topological polar surface area (TPSA) is 47.9 Å². The van der Waals surface area contributed by atoms with Crippen LogP contribution >= 0.6 is 22.6 Å². The Hall–Kier alpha value is -2.93. The molecule has 4 nitrogen and oxygen atoms in total. The third-order valence-corrected chi connectivity index (χ3v) is 5.52. The van der Waals surface area contributed by atoms with E-state index in [-0.39, 0.29) is 5.70 Å². The number of hydrogen-bond donors (Lipinski definition) is 0. The SMILES string of the molecule is Cc1ccc(C2=N/C(=C\c3ccccc3OCc3ccccc3I)C(=O)O2)cc1. The second-order valence-electron chi connectivity index (χ2n) is 6.62. The van der Waals surface area contributed by atoms with Crippen LogP contribution in [0.15, 0.2) is 83.5 Å². The van der Waals surface area contributed by atoms with Crippen molar-refractivity contribution in [1.82, 2.24) is 0 Å². The lowest BCUT2D eigenvalue weighted by atomic mass is 10.1. The number of rotatable bonds is 5. The summed E-state index contributed by atoms with van der Waals surface area (Å²) in [7, 11) is 0. The van der Waals surface area contributed by atoms with Gasteiger partial charge < -0.3 is 9.47 Å². The van der Waals surface area contributed by atoms with Gasteiger partial charge in [0.05, 0.1) is 0 Å². The van der Waals surface area contributed by atoms with Gasteiger partial charge in [0.2, 0.25) is 5.90 Å². The van der Waals surface area contributed by atoms with Crippen LogP contribution in [0, 0.1) is 10.5 Å². The van der Waals surface area contributed by atoms with E-state index in [1.165, 1.54) is 0 Å². The van der Waals surface area contributed by atoms with Gasteiger partial charge in [-0.3, -0.25) is 0 Å². The van der Waals surface area contributed by atoms with Crippen LogP contribution in [-0.2, 0) is 16.1 Å². The minimum Gasteiger partial charge on any atom is -0.488 e. The maximum absolute atomic E-state index is 12.3. The zero-order valence-corrected chi connectivity index (χ0v) is 17.9. The predicted octanol–water partition coefficient (Wildman–Crippen LogP) is 5.52. The van der Waals surface area contributed by atoms with E-state index in [2.05, 4.69) is 27.6 Å². The Morgan fingerprint density at radius 2 is 1.72 bits per heavy atom. The molecule has 0 saturated heterocycles. The molecule has 0 spiro atoms. The van der Waals surface area contributed by atoms with Crippen LogP contribution in [0.3, 0.4) is 0 Å². The van der Waals surface area contributed by atoms with Crippen LogP contribution in [-0.4, -0.2) is 11.9 Å². The number of benzene rings is 3. The Balaban J connectivity index is 1.58. The third-order valence-electron chi connectivity index (χ3n) is 4.47. The first kappa shape index (κ1) is 19.4. The summed E-state index contributed by atoms with van der Waals surface area (Å²) in [6, 6.07) is 23.4. The lowest BCUT2D eigenvalue weighted by Gasteiger charge is -2.10. The number of hydrogen-bond acceptors (Lipinski definition) is 4. The summed E-state index contributed by atoms with van der Waals surface area (Å²) in [5.41, 5.74) is 4.05. The maximum Gasteiger partial charge on any atom is 0.363 e.